The molecule has 1 atom stereocenters. The van der Waals surface area contributed by atoms with Gasteiger partial charge in [0.1, 0.15) is 0 Å². The minimum atomic E-state index is 0.177. The lowest BCUT2D eigenvalue weighted by molar-refractivity contribution is 0.182. The second-order valence-electron chi connectivity index (χ2n) is 6.62. The highest BCUT2D eigenvalue weighted by atomic mass is 15.2. The molecule has 0 spiro atoms. The third-order valence-corrected chi connectivity index (χ3v) is 3.79. The van der Waals surface area contributed by atoms with E-state index in [0.717, 1.165) is 19.1 Å². The summed E-state index contributed by atoms with van der Waals surface area (Å²) in [5, 5.41) is 3.68. The Morgan fingerprint density at radius 1 is 1.21 bits per heavy atom. The molecule has 1 unspecified atom stereocenters. The zero-order valence-electron chi connectivity index (χ0n) is 12.8. The molecular formula is C17H28N2. The van der Waals surface area contributed by atoms with E-state index < -0.39 is 0 Å². The van der Waals surface area contributed by atoms with Crippen LogP contribution >= 0.6 is 0 Å². The Morgan fingerprint density at radius 3 is 2.32 bits per heavy atom. The normalized spacial score (nSPS) is 17.7. The first kappa shape index (κ1) is 14.5. The fraction of sp³-hybridized carbons (Fsp3) is 0.647. The number of benzene rings is 1. The van der Waals surface area contributed by atoms with Gasteiger partial charge in [-0.25, -0.2) is 0 Å². The molecule has 0 bridgehead atoms. The largest absolute Gasteiger partial charge is 0.310 e. The fourth-order valence-corrected chi connectivity index (χ4v) is 2.64. The Bertz CT molecular complexity index is 376. The molecule has 1 saturated carbocycles. The summed E-state index contributed by atoms with van der Waals surface area (Å²) in [5.74, 6) is 0. The predicted octanol–water partition coefficient (Wildman–Crippen LogP) is 3.60. The summed E-state index contributed by atoms with van der Waals surface area (Å²) in [4.78, 5) is 2.66. The lowest BCUT2D eigenvalue weighted by atomic mass is 10.0. The van der Waals surface area contributed by atoms with E-state index in [0.29, 0.717) is 6.04 Å². The van der Waals surface area contributed by atoms with Crippen LogP contribution in [0.15, 0.2) is 30.3 Å². The number of hydrogen-bond acceptors (Lipinski definition) is 2. The van der Waals surface area contributed by atoms with E-state index in [4.69, 9.17) is 0 Å². The third-order valence-electron chi connectivity index (χ3n) is 3.79. The number of likely N-dealkylation sites (N-methyl/N-ethyl adjacent to an activating group) is 1. The maximum absolute atomic E-state index is 3.68. The molecule has 2 nitrogen and oxygen atoms in total. The molecule has 1 aliphatic carbocycles. The van der Waals surface area contributed by atoms with Gasteiger partial charge in [-0.1, -0.05) is 37.3 Å². The van der Waals surface area contributed by atoms with E-state index in [1.165, 1.54) is 18.4 Å². The molecule has 0 radical (unpaired) electrons. The third kappa shape index (κ3) is 4.32. The fourth-order valence-electron chi connectivity index (χ4n) is 2.64. The summed E-state index contributed by atoms with van der Waals surface area (Å²) in [6, 6.07) is 12.2. The lowest BCUT2D eigenvalue weighted by Gasteiger charge is -2.34. The lowest BCUT2D eigenvalue weighted by Crippen LogP contribution is -2.44. The van der Waals surface area contributed by atoms with Crippen molar-refractivity contribution in [3.63, 3.8) is 0 Å². The average molecular weight is 260 g/mol. The van der Waals surface area contributed by atoms with Crippen LogP contribution in [0.1, 0.15) is 52.1 Å². The maximum atomic E-state index is 3.68. The van der Waals surface area contributed by atoms with Crippen LogP contribution in [0.4, 0.5) is 0 Å². The van der Waals surface area contributed by atoms with E-state index in [9.17, 15) is 0 Å². The molecule has 106 valence electrons. The van der Waals surface area contributed by atoms with Gasteiger partial charge >= 0.3 is 0 Å². The topological polar surface area (TPSA) is 15.3 Å². The standard InChI is InChI=1S/C17H28N2/c1-5-19(15-11-12-15)16(13-18-17(2,3)4)14-9-7-6-8-10-14/h6-10,15-16,18H,5,11-13H2,1-4H3. The van der Waals surface area contributed by atoms with Gasteiger partial charge in [-0.05, 0) is 45.7 Å². The maximum Gasteiger partial charge on any atom is 0.0475 e. The summed E-state index contributed by atoms with van der Waals surface area (Å²) >= 11 is 0. The SMILES string of the molecule is CCN(C1CC1)C(CNC(C)(C)C)c1ccccc1. The summed E-state index contributed by atoms with van der Waals surface area (Å²) < 4.78 is 0. The van der Waals surface area contributed by atoms with Crippen LogP contribution in [0, 0.1) is 0 Å². The molecule has 2 heteroatoms. The Hall–Kier alpha value is -0.860. The van der Waals surface area contributed by atoms with Crippen LogP contribution in [0.3, 0.4) is 0 Å². The summed E-state index contributed by atoms with van der Waals surface area (Å²) in [7, 11) is 0. The summed E-state index contributed by atoms with van der Waals surface area (Å²) in [6.07, 6.45) is 2.74. The van der Waals surface area contributed by atoms with Gasteiger partial charge in [0.2, 0.25) is 0 Å². The minimum absolute atomic E-state index is 0.177. The van der Waals surface area contributed by atoms with Crippen molar-refractivity contribution in [2.45, 2.75) is 58.2 Å². The van der Waals surface area contributed by atoms with Crippen molar-refractivity contribution in [3.05, 3.63) is 35.9 Å². The Morgan fingerprint density at radius 2 is 1.84 bits per heavy atom. The minimum Gasteiger partial charge on any atom is -0.310 e. The number of nitrogens with one attached hydrogen (secondary N) is 1. The Balaban J connectivity index is 2.12. The zero-order valence-corrected chi connectivity index (χ0v) is 12.8. The summed E-state index contributed by atoms with van der Waals surface area (Å²) in [6.45, 7) is 11.2. The molecule has 0 aromatic heterocycles. The van der Waals surface area contributed by atoms with Crippen molar-refractivity contribution in [2.24, 2.45) is 0 Å². The molecular weight excluding hydrogens is 232 g/mol. The van der Waals surface area contributed by atoms with Crippen LogP contribution < -0.4 is 5.32 Å². The second kappa shape index (κ2) is 6.06. The molecule has 1 aliphatic rings. The van der Waals surface area contributed by atoms with E-state index in [1.807, 2.05) is 0 Å². The molecule has 1 aromatic carbocycles. The zero-order chi connectivity index (χ0) is 13.9. The molecule has 0 saturated heterocycles. The van der Waals surface area contributed by atoms with Crippen LogP contribution in [0.25, 0.3) is 0 Å². The first-order valence-corrected chi connectivity index (χ1v) is 7.57. The Labute approximate surface area is 118 Å². The van der Waals surface area contributed by atoms with Crippen LogP contribution in [0.2, 0.25) is 0 Å². The predicted molar refractivity (Wildman–Crippen MR) is 82.3 cm³/mol. The van der Waals surface area contributed by atoms with Gasteiger partial charge in [-0.3, -0.25) is 4.90 Å². The van der Waals surface area contributed by atoms with Gasteiger partial charge < -0.3 is 5.32 Å². The monoisotopic (exact) mass is 260 g/mol. The molecule has 0 heterocycles. The quantitative estimate of drug-likeness (QED) is 0.840. The van der Waals surface area contributed by atoms with Gasteiger partial charge in [0, 0.05) is 24.2 Å². The van der Waals surface area contributed by atoms with Gasteiger partial charge in [0.25, 0.3) is 0 Å². The van der Waals surface area contributed by atoms with E-state index >= 15 is 0 Å². The van der Waals surface area contributed by atoms with E-state index in [-0.39, 0.29) is 5.54 Å². The van der Waals surface area contributed by atoms with Crippen molar-refractivity contribution in [2.75, 3.05) is 13.1 Å². The van der Waals surface area contributed by atoms with Gasteiger partial charge in [-0.15, -0.1) is 0 Å². The highest BCUT2D eigenvalue weighted by Crippen LogP contribution is 2.34. The van der Waals surface area contributed by atoms with Crippen molar-refractivity contribution in [3.8, 4) is 0 Å². The van der Waals surface area contributed by atoms with Crippen molar-refractivity contribution >= 4 is 0 Å². The number of nitrogens with zero attached hydrogens (tertiary/aromatic N) is 1. The molecule has 1 N–H and O–H groups in total. The molecule has 2 rings (SSSR count). The highest BCUT2D eigenvalue weighted by molar-refractivity contribution is 5.20. The molecule has 1 aromatic rings. The van der Waals surface area contributed by atoms with Crippen LogP contribution in [0.5, 0.6) is 0 Å². The average Bonchev–Trinajstić information content (AvgIpc) is 3.18. The van der Waals surface area contributed by atoms with Gasteiger partial charge in [0.05, 0.1) is 0 Å². The molecule has 0 amide bonds. The van der Waals surface area contributed by atoms with Crippen LogP contribution in [-0.4, -0.2) is 29.6 Å². The van der Waals surface area contributed by atoms with Crippen molar-refractivity contribution in [1.82, 2.24) is 10.2 Å². The number of hydrogen-bond donors (Lipinski definition) is 1. The smallest absolute Gasteiger partial charge is 0.0475 e. The molecule has 0 aliphatic heterocycles. The van der Waals surface area contributed by atoms with E-state index in [2.05, 4.69) is 68.2 Å². The summed E-state index contributed by atoms with van der Waals surface area (Å²) in [5.41, 5.74) is 1.61. The van der Waals surface area contributed by atoms with Crippen molar-refractivity contribution < 1.29 is 0 Å². The van der Waals surface area contributed by atoms with Crippen LogP contribution in [-0.2, 0) is 0 Å². The van der Waals surface area contributed by atoms with Gasteiger partial charge in [-0.2, -0.15) is 0 Å². The van der Waals surface area contributed by atoms with E-state index in [1.54, 1.807) is 0 Å². The second-order valence-corrected chi connectivity index (χ2v) is 6.62. The Kier molecular flexibility index (Phi) is 4.64. The first-order valence-electron chi connectivity index (χ1n) is 7.57. The highest BCUT2D eigenvalue weighted by Gasteiger charge is 2.33. The molecule has 1 fully saturated rings. The van der Waals surface area contributed by atoms with Gasteiger partial charge in [0.15, 0.2) is 0 Å². The number of rotatable bonds is 6. The molecule has 19 heavy (non-hydrogen) atoms. The first-order chi connectivity index (χ1) is 9.01. The van der Waals surface area contributed by atoms with Crippen molar-refractivity contribution in [1.29, 1.82) is 0 Å².